The molecular formula is C27H32Cl2N6O4. The number of likely N-dealkylation sites (tertiary alicyclic amines) is 1. The predicted octanol–water partition coefficient (Wildman–Crippen LogP) is 5.55. The Hall–Kier alpha value is -3.37. The van der Waals surface area contributed by atoms with Crippen LogP contribution >= 0.6 is 23.2 Å². The first-order valence-corrected chi connectivity index (χ1v) is 13.5. The molecule has 10 nitrogen and oxygen atoms in total. The Morgan fingerprint density at radius 1 is 1.15 bits per heavy atom. The van der Waals surface area contributed by atoms with Crippen molar-refractivity contribution in [2.75, 3.05) is 25.0 Å². The van der Waals surface area contributed by atoms with Crippen LogP contribution in [0, 0.1) is 0 Å². The van der Waals surface area contributed by atoms with Gasteiger partial charge in [-0.1, -0.05) is 23.2 Å². The van der Waals surface area contributed by atoms with Crippen molar-refractivity contribution in [2.45, 2.75) is 58.6 Å². The first kappa shape index (κ1) is 28.6. The number of carbonyl (C=O) groups excluding carboxylic acids is 2. The summed E-state index contributed by atoms with van der Waals surface area (Å²) in [5, 5.41) is 4.16. The van der Waals surface area contributed by atoms with Crippen LogP contribution in [0.4, 0.5) is 10.7 Å². The maximum atomic E-state index is 12.6. The molecule has 0 unspecified atom stereocenters. The summed E-state index contributed by atoms with van der Waals surface area (Å²) in [6, 6.07) is 6.88. The number of esters is 1. The molecule has 2 aromatic heterocycles. The minimum absolute atomic E-state index is 0.00238. The van der Waals surface area contributed by atoms with Gasteiger partial charge in [0.05, 0.1) is 28.8 Å². The highest BCUT2D eigenvalue weighted by molar-refractivity contribution is 6.42. The van der Waals surface area contributed by atoms with Crippen molar-refractivity contribution in [2.24, 2.45) is 0 Å². The lowest BCUT2D eigenvalue weighted by molar-refractivity contribution is -0.142. The van der Waals surface area contributed by atoms with Crippen LogP contribution in [0.15, 0.2) is 36.7 Å². The van der Waals surface area contributed by atoms with Gasteiger partial charge in [-0.25, -0.2) is 14.8 Å². The van der Waals surface area contributed by atoms with Gasteiger partial charge in [-0.2, -0.15) is 4.98 Å². The second kappa shape index (κ2) is 12.2. The van der Waals surface area contributed by atoms with E-state index in [0.29, 0.717) is 52.0 Å². The molecule has 0 spiro atoms. The molecule has 1 amide bonds. The lowest BCUT2D eigenvalue weighted by atomic mass is 10.1. The van der Waals surface area contributed by atoms with E-state index in [1.54, 1.807) is 53.0 Å². The summed E-state index contributed by atoms with van der Waals surface area (Å²) in [4.78, 5) is 40.3. The molecule has 4 rings (SSSR count). The zero-order chi connectivity index (χ0) is 28.2. The molecule has 1 atom stereocenters. The number of ether oxygens (including phenoxy) is 2. The van der Waals surface area contributed by atoms with Crippen LogP contribution < -0.4 is 5.32 Å². The normalized spacial score (nSPS) is 15.6. The fourth-order valence-corrected chi connectivity index (χ4v) is 4.58. The molecule has 12 heteroatoms. The Labute approximate surface area is 237 Å². The largest absolute Gasteiger partial charge is 0.466 e. The second-order valence-corrected chi connectivity index (χ2v) is 11.0. The van der Waals surface area contributed by atoms with Crippen molar-refractivity contribution in [3.05, 3.63) is 52.4 Å². The van der Waals surface area contributed by atoms with Gasteiger partial charge in [0, 0.05) is 37.1 Å². The van der Waals surface area contributed by atoms with Crippen LogP contribution in [-0.2, 0) is 20.7 Å². The molecule has 0 radical (unpaired) electrons. The number of nitrogens with one attached hydrogen (secondary N) is 1. The summed E-state index contributed by atoms with van der Waals surface area (Å²) >= 11 is 12.4. The monoisotopic (exact) mass is 574 g/mol. The van der Waals surface area contributed by atoms with Crippen molar-refractivity contribution >= 4 is 41.2 Å². The molecule has 208 valence electrons. The number of halogens is 2. The summed E-state index contributed by atoms with van der Waals surface area (Å²) < 4.78 is 12.5. The minimum Gasteiger partial charge on any atom is -0.466 e. The van der Waals surface area contributed by atoms with Crippen LogP contribution in [0.25, 0.3) is 17.2 Å². The summed E-state index contributed by atoms with van der Waals surface area (Å²) in [5.41, 5.74) is 0.730. The van der Waals surface area contributed by atoms with Crippen LogP contribution in [-0.4, -0.2) is 67.8 Å². The quantitative estimate of drug-likeness (QED) is 0.365. The van der Waals surface area contributed by atoms with Crippen LogP contribution in [0.5, 0.6) is 0 Å². The van der Waals surface area contributed by atoms with Crippen LogP contribution in [0.3, 0.4) is 0 Å². The number of carbonyl (C=O) groups is 2. The molecule has 3 aromatic rings. The Kier molecular flexibility index (Phi) is 8.97. The van der Waals surface area contributed by atoms with E-state index in [1.807, 2.05) is 20.8 Å². The van der Waals surface area contributed by atoms with Crippen molar-refractivity contribution in [3.8, 4) is 17.2 Å². The molecule has 3 heterocycles. The highest BCUT2D eigenvalue weighted by Gasteiger charge is 2.28. The first-order chi connectivity index (χ1) is 18.5. The number of amides is 1. The molecule has 1 saturated heterocycles. The third-order valence-electron chi connectivity index (χ3n) is 5.92. The Balaban J connectivity index is 1.62. The molecule has 1 aromatic carbocycles. The lowest BCUT2D eigenvalue weighted by Gasteiger charge is -2.34. The van der Waals surface area contributed by atoms with E-state index in [1.165, 1.54) is 0 Å². The van der Waals surface area contributed by atoms with Crippen molar-refractivity contribution in [1.29, 1.82) is 0 Å². The Morgan fingerprint density at radius 3 is 2.67 bits per heavy atom. The molecule has 0 bridgehead atoms. The van der Waals surface area contributed by atoms with Crippen LogP contribution in [0.2, 0.25) is 10.0 Å². The number of nitrogens with zero attached hydrogens (tertiary/aromatic N) is 5. The lowest BCUT2D eigenvalue weighted by Crippen LogP contribution is -2.47. The smallest absolute Gasteiger partial charge is 0.410 e. The number of benzene rings is 1. The molecule has 0 aliphatic carbocycles. The second-order valence-electron chi connectivity index (χ2n) is 10.2. The van der Waals surface area contributed by atoms with Crippen LogP contribution in [0.1, 0.15) is 46.2 Å². The maximum absolute atomic E-state index is 12.6. The molecule has 1 aliphatic rings. The van der Waals surface area contributed by atoms with Gasteiger partial charge in [0.2, 0.25) is 5.95 Å². The molecule has 39 heavy (non-hydrogen) atoms. The average Bonchev–Trinajstić information content (AvgIpc) is 3.28. The average molecular weight is 575 g/mol. The van der Waals surface area contributed by atoms with Gasteiger partial charge >= 0.3 is 12.1 Å². The number of imidazole rings is 1. The predicted molar refractivity (Wildman–Crippen MR) is 149 cm³/mol. The molecule has 1 aliphatic heterocycles. The van der Waals surface area contributed by atoms with Gasteiger partial charge in [-0.05, 0) is 64.8 Å². The summed E-state index contributed by atoms with van der Waals surface area (Å²) in [6.07, 6.45) is 4.58. The van der Waals surface area contributed by atoms with Gasteiger partial charge in [0.25, 0.3) is 0 Å². The highest BCUT2D eigenvalue weighted by Crippen LogP contribution is 2.30. The fourth-order valence-electron chi connectivity index (χ4n) is 4.28. The van der Waals surface area contributed by atoms with Gasteiger partial charge in [0.1, 0.15) is 17.2 Å². The number of piperidine rings is 1. The maximum Gasteiger partial charge on any atom is 0.410 e. The number of anilines is 1. The highest BCUT2D eigenvalue weighted by atomic mass is 35.5. The summed E-state index contributed by atoms with van der Waals surface area (Å²) in [5.74, 6) is 1.05. The number of rotatable bonds is 7. The number of hydrogen-bond acceptors (Lipinski definition) is 8. The van der Waals surface area contributed by atoms with Gasteiger partial charge < -0.3 is 19.7 Å². The fraction of sp³-hybridized carbons (Fsp3) is 0.444. The van der Waals surface area contributed by atoms with Crippen molar-refractivity contribution < 1.29 is 19.1 Å². The standard InChI is InChI=1S/C27H32Cl2N6O4/c1-5-38-23(36)14-19-15-31-24(17-8-9-20(28)21(29)13-17)35(19)22-10-11-30-25(33-22)32-18-7-6-12-34(16-18)26(37)39-27(2,3)4/h8-11,13,15,18H,5-7,12,14,16H2,1-4H3,(H,30,32,33)/t18-/m0/s1. The van der Waals surface area contributed by atoms with Crippen molar-refractivity contribution in [1.82, 2.24) is 24.4 Å². The molecule has 1 fully saturated rings. The minimum atomic E-state index is -0.563. The third kappa shape index (κ3) is 7.39. The number of aromatic nitrogens is 4. The van der Waals surface area contributed by atoms with Gasteiger partial charge in [0.15, 0.2) is 0 Å². The molecule has 1 N–H and O–H groups in total. The first-order valence-electron chi connectivity index (χ1n) is 12.8. The zero-order valence-electron chi connectivity index (χ0n) is 22.4. The zero-order valence-corrected chi connectivity index (χ0v) is 23.9. The van der Waals surface area contributed by atoms with Gasteiger partial charge in [-0.15, -0.1) is 0 Å². The van der Waals surface area contributed by atoms with E-state index >= 15 is 0 Å². The molecule has 0 saturated carbocycles. The Bertz CT molecular complexity index is 1340. The molecular weight excluding hydrogens is 543 g/mol. The third-order valence-corrected chi connectivity index (χ3v) is 6.66. The summed E-state index contributed by atoms with van der Waals surface area (Å²) in [6.45, 7) is 8.68. The van der Waals surface area contributed by atoms with E-state index in [-0.39, 0.29) is 31.1 Å². The van der Waals surface area contributed by atoms with E-state index in [4.69, 9.17) is 37.7 Å². The van der Waals surface area contributed by atoms with E-state index in [2.05, 4.69) is 15.3 Å². The SMILES string of the molecule is CCOC(=O)Cc1cnc(-c2ccc(Cl)c(Cl)c2)n1-c1ccnc(N[C@H]2CCCN(C(=O)OC(C)(C)C)C2)n1. The van der Waals surface area contributed by atoms with E-state index in [0.717, 1.165) is 12.8 Å². The van der Waals surface area contributed by atoms with Gasteiger partial charge in [-0.3, -0.25) is 9.36 Å². The summed E-state index contributed by atoms with van der Waals surface area (Å²) in [7, 11) is 0. The Morgan fingerprint density at radius 2 is 1.95 bits per heavy atom. The topological polar surface area (TPSA) is 111 Å². The van der Waals surface area contributed by atoms with Crippen molar-refractivity contribution in [3.63, 3.8) is 0 Å². The van der Waals surface area contributed by atoms with E-state index in [9.17, 15) is 9.59 Å². The number of hydrogen-bond donors (Lipinski definition) is 1. The van der Waals surface area contributed by atoms with E-state index < -0.39 is 5.60 Å².